The molecule has 0 atom stereocenters. The average Bonchev–Trinajstić information content (AvgIpc) is 1.97. The van der Waals surface area contributed by atoms with E-state index in [9.17, 15) is 4.79 Å². The Morgan fingerprint density at radius 3 is 2.55 bits per heavy atom. The molecule has 62 valence electrons. The van der Waals surface area contributed by atoms with Gasteiger partial charge in [-0.05, 0) is 0 Å². The van der Waals surface area contributed by atoms with Crippen LogP contribution in [-0.2, 0) is 9.63 Å². The predicted molar refractivity (Wildman–Crippen MR) is 43.7 cm³/mol. The van der Waals surface area contributed by atoms with Crippen LogP contribution in [0.1, 0.15) is 6.92 Å². The van der Waals surface area contributed by atoms with Gasteiger partial charge in [-0.15, -0.1) is 13.2 Å². The Kier molecular flexibility index (Phi) is 5.11. The lowest BCUT2D eigenvalue weighted by atomic mass is 10.5. The number of hydrogen-bond acceptors (Lipinski definition) is 2. The molecule has 0 rings (SSSR count). The van der Waals surface area contributed by atoms with Crippen molar-refractivity contribution in [3.63, 3.8) is 0 Å². The molecule has 0 saturated carbocycles. The normalized spacial score (nSPS) is 8.82. The van der Waals surface area contributed by atoms with Crippen molar-refractivity contribution >= 4 is 5.91 Å². The minimum atomic E-state index is -0.133. The van der Waals surface area contributed by atoms with Gasteiger partial charge in [-0.25, -0.2) is 5.06 Å². The second kappa shape index (κ2) is 5.68. The number of amides is 1. The first-order chi connectivity index (χ1) is 5.22. The summed E-state index contributed by atoms with van der Waals surface area (Å²) in [5.41, 5.74) is 0. The Labute approximate surface area is 66.9 Å². The van der Waals surface area contributed by atoms with Crippen molar-refractivity contribution in [2.75, 3.05) is 13.2 Å². The Morgan fingerprint density at radius 2 is 2.18 bits per heavy atom. The summed E-state index contributed by atoms with van der Waals surface area (Å²) in [6.45, 7) is 9.14. The van der Waals surface area contributed by atoms with Crippen molar-refractivity contribution in [3.8, 4) is 0 Å². The molecule has 0 heterocycles. The van der Waals surface area contributed by atoms with Gasteiger partial charge in [0.25, 0.3) is 0 Å². The van der Waals surface area contributed by atoms with Gasteiger partial charge in [0.2, 0.25) is 5.91 Å². The van der Waals surface area contributed by atoms with Gasteiger partial charge in [0, 0.05) is 6.92 Å². The van der Waals surface area contributed by atoms with E-state index in [0.29, 0.717) is 13.2 Å². The lowest BCUT2D eigenvalue weighted by molar-refractivity contribution is -0.176. The van der Waals surface area contributed by atoms with E-state index in [2.05, 4.69) is 13.2 Å². The summed E-state index contributed by atoms with van der Waals surface area (Å²) in [5, 5.41) is 1.23. The molecule has 3 heteroatoms. The molecule has 1 amide bonds. The highest BCUT2D eigenvalue weighted by atomic mass is 16.7. The second-order valence-corrected chi connectivity index (χ2v) is 1.95. The van der Waals surface area contributed by atoms with Crippen LogP contribution >= 0.6 is 0 Å². The number of nitrogens with zero attached hydrogens (tertiary/aromatic N) is 1. The maximum Gasteiger partial charge on any atom is 0.243 e. The molecule has 0 unspecified atom stereocenters. The average molecular weight is 155 g/mol. The van der Waals surface area contributed by atoms with E-state index in [4.69, 9.17) is 4.84 Å². The Morgan fingerprint density at radius 1 is 1.55 bits per heavy atom. The summed E-state index contributed by atoms with van der Waals surface area (Å²) in [7, 11) is 0. The molecule has 0 saturated heterocycles. The lowest BCUT2D eigenvalue weighted by Gasteiger charge is -2.16. The van der Waals surface area contributed by atoms with E-state index in [-0.39, 0.29) is 5.91 Å². The molecule has 0 radical (unpaired) electrons. The maximum atomic E-state index is 10.8. The zero-order valence-corrected chi connectivity index (χ0v) is 6.75. The fourth-order valence-corrected chi connectivity index (χ4v) is 0.532. The molecule has 0 fully saturated rings. The van der Waals surface area contributed by atoms with Crippen molar-refractivity contribution in [2.45, 2.75) is 6.92 Å². The summed E-state index contributed by atoms with van der Waals surface area (Å²) in [5.74, 6) is -0.133. The molecular weight excluding hydrogens is 142 g/mol. The number of carbonyl (C=O) groups excluding carboxylic acids is 1. The van der Waals surface area contributed by atoms with Gasteiger partial charge in [-0.2, -0.15) is 0 Å². The summed E-state index contributed by atoms with van der Waals surface area (Å²) >= 11 is 0. The molecule has 0 aliphatic rings. The molecule has 0 bridgehead atoms. The van der Waals surface area contributed by atoms with E-state index in [0.717, 1.165) is 0 Å². The molecule has 11 heavy (non-hydrogen) atoms. The SMILES string of the molecule is C=CCON(CC=C)C(C)=O. The van der Waals surface area contributed by atoms with Gasteiger partial charge in [0.15, 0.2) is 0 Å². The Bertz CT molecular complexity index is 154. The van der Waals surface area contributed by atoms with Gasteiger partial charge in [-0.1, -0.05) is 12.2 Å². The first kappa shape index (κ1) is 9.91. The highest BCUT2D eigenvalue weighted by Crippen LogP contribution is 1.91. The first-order valence-corrected chi connectivity index (χ1v) is 3.35. The van der Waals surface area contributed by atoms with Crippen LogP contribution in [0, 0.1) is 0 Å². The van der Waals surface area contributed by atoms with Crippen molar-refractivity contribution in [2.24, 2.45) is 0 Å². The molecule has 0 aromatic carbocycles. The summed E-state index contributed by atoms with van der Waals surface area (Å²) in [6.07, 6.45) is 3.18. The molecule has 0 aromatic rings. The third kappa shape index (κ3) is 4.33. The van der Waals surface area contributed by atoms with Crippen LogP contribution in [0.3, 0.4) is 0 Å². The zero-order valence-electron chi connectivity index (χ0n) is 6.75. The van der Waals surface area contributed by atoms with Gasteiger partial charge in [0.05, 0.1) is 13.2 Å². The highest BCUT2D eigenvalue weighted by Gasteiger charge is 2.04. The molecule has 0 aliphatic heterocycles. The number of hydroxylamine groups is 2. The summed E-state index contributed by atoms with van der Waals surface area (Å²) < 4.78 is 0. The first-order valence-electron chi connectivity index (χ1n) is 3.35. The number of carbonyl (C=O) groups is 1. The van der Waals surface area contributed by atoms with E-state index < -0.39 is 0 Å². The fourth-order valence-electron chi connectivity index (χ4n) is 0.532. The van der Waals surface area contributed by atoms with Crippen LogP contribution in [-0.4, -0.2) is 24.1 Å². The largest absolute Gasteiger partial charge is 0.273 e. The molecule has 0 spiro atoms. The number of hydrogen-bond donors (Lipinski definition) is 0. The van der Waals surface area contributed by atoms with Crippen LogP contribution in [0.25, 0.3) is 0 Å². The zero-order chi connectivity index (χ0) is 8.69. The Hall–Kier alpha value is -1.09. The van der Waals surface area contributed by atoms with E-state index in [1.165, 1.54) is 12.0 Å². The van der Waals surface area contributed by atoms with Crippen LogP contribution < -0.4 is 0 Å². The van der Waals surface area contributed by atoms with Crippen LogP contribution in [0.15, 0.2) is 25.3 Å². The molecular formula is C8H13NO2. The van der Waals surface area contributed by atoms with E-state index in [1.807, 2.05) is 0 Å². The van der Waals surface area contributed by atoms with Gasteiger partial charge in [0.1, 0.15) is 0 Å². The molecule has 0 aliphatic carbocycles. The van der Waals surface area contributed by atoms with E-state index in [1.54, 1.807) is 12.2 Å². The molecule has 0 aromatic heterocycles. The minimum absolute atomic E-state index is 0.133. The lowest BCUT2D eigenvalue weighted by Crippen LogP contribution is -2.29. The minimum Gasteiger partial charge on any atom is -0.273 e. The number of rotatable bonds is 5. The third-order valence-electron chi connectivity index (χ3n) is 0.994. The van der Waals surface area contributed by atoms with Crippen molar-refractivity contribution < 1.29 is 9.63 Å². The van der Waals surface area contributed by atoms with Crippen molar-refractivity contribution in [3.05, 3.63) is 25.3 Å². The second-order valence-electron chi connectivity index (χ2n) is 1.95. The van der Waals surface area contributed by atoms with Gasteiger partial charge < -0.3 is 0 Å². The third-order valence-corrected chi connectivity index (χ3v) is 0.994. The predicted octanol–water partition coefficient (Wildman–Crippen LogP) is 1.14. The summed E-state index contributed by atoms with van der Waals surface area (Å²) in [6, 6.07) is 0. The molecule has 3 nitrogen and oxygen atoms in total. The highest BCUT2D eigenvalue weighted by molar-refractivity contribution is 5.72. The Balaban J connectivity index is 3.77. The smallest absolute Gasteiger partial charge is 0.243 e. The van der Waals surface area contributed by atoms with Crippen LogP contribution in [0.4, 0.5) is 0 Å². The standard InChI is InChI=1S/C8H13NO2/c1-4-6-9(8(3)10)11-7-5-2/h4-5H,1-2,6-7H2,3H3. The van der Waals surface area contributed by atoms with Gasteiger partial charge in [-0.3, -0.25) is 9.63 Å². The van der Waals surface area contributed by atoms with Crippen LogP contribution in [0.2, 0.25) is 0 Å². The van der Waals surface area contributed by atoms with Crippen LogP contribution in [0.5, 0.6) is 0 Å². The van der Waals surface area contributed by atoms with Crippen molar-refractivity contribution in [1.29, 1.82) is 0 Å². The summed E-state index contributed by atoms with van der Waals surface area (Å²) in [4.78, 5) is 15.7. The van der Waals surface area contributed by atoms with Gasteiger partial charge >= 0.3 is 0 Å². The van der Waals surface area contributed by atoms with Crippen molar-refractivity contribution in [1.82, 2.24) is 5.06 Å². The molecule has 0 N–H and O–H groups in total. The fraction of sp³-hybridized carbons (Fsp3) is 0.375. The van der Waals surface area contributed by atoms with E-state index >= 15 is 0 Å². The quantitative estimate of drug-likeness (QED) is 0.440. The monoisotopic (exact) mass is 155 g/mol. The maximum absolute atomic E-state index is 10.8. The topological polar surface area (TPSA) is 29.5 Å².